The first-order valence-electron chi connectivity index (χ1n) is 8.88. The molecule has 0 spiro atoms. The minimum absolute atomic E-state index is 0.268. The Balaban J connectivity index is 1.56. The zero-order chi connectivity index (χ0) is 17.6. The number of nitrogens with zero attached hydrogens (tertiary/aromatic N) is 3. The van der Waals surface area contributed by atoms with Gasteiger partial charge in [-0.2, -0.15) is 0 Å². The minimum atomic E-state index is -0.481. The van der Waals surface area contributed by atoms with Crippen molar-refractivity contribution in [1.82, 2.24) is 14.5 Å². The lowest BCUT2D eigenvalue weighted by Gasteiger charge is -2.34. The first-order chi connectivity index (χ1) is 12.2. The Morgan fingerprint density at radius 1 is 1.36 bits per heavy atom. The van der Waals surface area contributed by atoms with E-state index in [1.807, 2.05) is 36.0 Å². The zero-order valence-corrected chi connectivity index (χ0v) is 14.8. The summed E-state index contributed by atoms with van der Waals surface area (Å²) in [6, 6.07) is 8.18. The molecule has 5 heteroatoms. The third-order valence-electron chi connectivity index (χ3n) is 4.92. The van der Waals surface area contributed by atoms with Crippen LogP contribution in [0, 0.1) is 5.92 Å². The van der Waals surface area contributed by atoms with Crippen molar-refractivity contribution < 1.29 is 9.84 Å². The van der Waals surface area contributed by atoms with Crippen LogP contribution in [0.2, 0.25) is 0 Å². The van der Waals surface area contributed by atoms with Crippen molar-refractivity contribution in [1.29, 1.82) is 0 Å². The highest BCUT2D eigenvalue weighted by Gasteiger charge is 2.28. The second kappa shape index (κ2) is 8.32. The maximum absolute atomic E-state index is 10.6. The van der Waals surface area contributed by atoms with E-state index in [9.17, 15) is 5.11 Å². The molecule has 2 aromatic rings. The third kappa shape index (κ3) is 4.30. The van der Waals surface area contributed by atoms with Gasteiger partial charge in [0.15, 0.2) is 0 Å². The summed E-state index contributed by atoms with van der Waals surface area (Å²) in [5.74, 6) is 1.96. The number of imidazole rings is 1. The molecule has 1 aliphatic rings. The van der Waals surface area contributed by atoms with Gasteiger partial charge in [-0.05, 0) is 37.9 Å². The highest BCUT2D eigenvalue weighted by atomic mass is 16.5. The molecule has 25 heavy (non-hydrogen) atoms. The Kier molecular flexibility index (Phi) is 5.89. The molecule has 0 aliphatic carbocycles. The van der Waals surface area contributed by atoms with E-state index < -0.39 is 6.10 Å². The Hall–Kier alpha value is -2.11. The number of benzene rings is 1. The zero-order valence-electron chi connectivity index (χ0n) is 14.8. The van der Waals surface area contributed by atoms with E-state index >= 15 is 0 Å². The molecule has 1 N–H and O–H groups in total. The maximum Gasteiger partial charge on any atom is 0.137 e. The molecule has 1 fully saturated rings. The number of likely N-dealkylation sites (tertiary alicyclic amines) is 1. The van der Waals surface area contributed by atoms with Gasteiger partial charge < -0.3 is 14.4 Å². The molecule has 1 aromatic carbocycles. The van der Waals surface area contributed by atoms with Gasteiger partial charge in [0, 0.05) is 31.5 Å². The van der Waals surface area contributed by atoms with Crippen LogP contribution in [0.25, 0.3) is 0 Å². The highest BCUT2D eigenvalue weighted by molar-refractivity contribution is 5.33. The smallest absolute Gasteiger partial charge is 0.137 e. The summed E-state index contributed by atoms with van der Waals surface area (Å²) in [6.07, 6.45) is 6.86. The van der Waals surface area contributed by atoms with Gasteiger partial charge in [0.25, 0.3) is 0 Å². The van der Waals surface area contributed by atoms with E-state index in [1.165, 1.54) is 5.56 Å². The van der Waals surface area contributed by atoms with E-state index in [2.05, 4.69) is 22.5 Å². The molecule has 0 bridgehead atoms. The van der Waals surface area contributed by atoms with Gasteiger partial charge in [-0.25, -0.2) is 4.98 Å². The number of hydrogen-bond acceptors (Lipinski definition) is 4. The Morgan fingerprint density at radius 3 is 2.80 bits per heavy atom. The van der Waals surface area contributed by atoms with E-state index in [0.717, 1.165) is 44.0 Å². The number of rotatable bonds is 7. The van der Waals surface area contributed by atoms with Crippen molar-refractivity contribution in [2.75, 3.05) is 19.7 Å². The molecular formula is C20H27N3O2. The van der Waals surface area contributed by atoms with E-state index in [1.54, 1.807) is 12.3 Å². The fourth-order valence-electron chi connectivity index (χ4n) is 3.46. The average Bonchev–Trinajstić information content (AvgIpc) is 3.07. The van der Waals surface area contributed by atoms with Crippen molar-refractivity contribution in [3.63, 3.8) is 0 Å². The van der Waals surface area contributed by atoms with Crippen molar-refractivity contribution in [3.05, 3.63) is 60.7 Å². The van der Waals surface area contributed by atoms with Gasteiger partial charge in [-0.1, -0.05) is 30.9 Å². The van der Waals surface area contributed by atoms with Crippen LogP contribution in [0.15, 0.2) is 49.3 Å². The SMILES string of the molecule is C=CCOc1ccccc1CN1CCC(C(O)c2nccn2C)CC1. The van der Waals surface area contributed by atoms with Gasteiger partial charge in [0.1, 0.15) is 24.3 Å². The normalized spacial score (nSPS) is 17.4. The van der Waals surface area contributed by atoms with Crippen LogP contribution in [-0.2, 0) is 13.6 Å². The standard InChI is InChI=1S/C20H27N3O2/c1-3-14-25-18-7-5-4-6-17(18)15-23-11-8-16(9-12-23)19(24)20-21-10-13-22(20)2/h3-7,10,13,16,19,24H,1,8-9,11-12,14-15H2,2H3. The Morgan fingerprint density at radius 2 is 2.12 bits per heavy atom. The first kappa shape index (κ1) is 17.7. The highest BCUT2D eigenvalue weighted by Crippen LogP contribution is 2.31. The van der Waals surface area contributed by atoms with Gasteiger partial charge in [0.05, 0.1) is 0 Å². The fraction of sp³-hybridized carbons (Fsp3) is 0.450. The predicted molar refractivity (Wildman–Crippen MR) is 98.3 cm³/mol. The molecule has 1 atom stereocenters. The second-order valence-corrected chi connectivity index (χ2v) is 6.66. The number of para-hydroxylation sites is 1. The molecule has 5 nitrogen and oxygen atoms in total. The Bertz CT molecular complexity index is 690. The third-order valence-corrected chi connectivity index (χ3v) is 4.92. The summed E-state index contributed by atoms with van der Waals surface area (Å²) in [5.41, 5.74) is 1.20. The minimum Gasteiger partial charge on any atom is -0.489 e. The summed E-state index contributed by atoms with van der Waals surface area (Å²) in [5, 5.41) is 10.6. The predicted octanol–water partition coefficient (Wildman–Crippen LogP) is 2.93. The Labute approximate surface area is 149 Å². The summed E-state index contributed by atoms with van der Waals surface area (Å²) in [4.78, 5) is 6.72. The summed E-state index contributed by atoms with van der Waals surface area (Å²) in [7, 11) is 1.93. The maximum atomic E-state index is 10.6. The van der Waals surface area contributed by atoms with E-state index in [4.69, 9.17) is 4.74 Å². The summed E-state index contributed by atoms with van der Waals surface area (Å²) >= 11 is 0. The van der Waals surface area contributed by atoms with Crippen LogP contribution in [0.5, 0.6) is 5.75 Å². The largest absolute Gasteiger partial charge is 0.489 e. The average molecular weight is 341 g/mol. The van der Waals surface area contributed by atoms with Crippen LogP contribution >= 0.6 is 0 Å². The number of hydrogen-bond donors (Lipinski definition) is 1. The van der Waals surface area contributed by atoms with Crippen molar-refractivity contribution in [3.8, 4) is 5.75 Å². The van der Waals surface area contributed by atoms with Crippen molar-refractivity contribution >= 4 is 0 Å². The van der Waals surface area contributed by atoms with Gasteiger partial charge >= 0.3 is 0 Å². The lowest BCUT2D eigenvalue weighted by molar-refractivity contribution is 0.0490. The topological polar surface area (TPSA) is 50.5 Å². The van der Waals surface area contributed by atoms with Crippen molar-refractivity contribution in [2.45, 2.75) is 25.5 Å². The lowest BCUT2D eigenvalue weighted by Crippen LogP contribution is -2.35. The van der Waals surface area contributed by atoms with Gasteiger partial charge in [0.2, 0.25) is 0 Å². The second-order valence-electron chi connectivity index (χ2n) is 6.66. The molecule has 1 aromatic heterocycles. The number of ether oxygens (including phenoxy) is 1. The molecule has 0 saturated carbocycles. The number of aryl methyl sites for hydroxylation is 1. The molecule has 1 unspecified atom stereocenters. The van der Waals surface area contributed by atoms with Gasteiger partial charge in [-0.15, -0.1) is 0 Å². The number of aliphatic hydroxyl groups is 1. The molecule has 2 heterocycles. The van der Waals surface area contributed by atoms with Crippen LogP contribution in [0.4, 0.5) is 0 Å². The van der Waals surface area contributed by atoms with Crippen LogP contribution in [0.3, 0.4) is 0 Å². The van der Waals surface area contributed by atoms with Crippen LogP contribution < -0.4 is 4.74 Å². The molecule has 3 rings (SSSR count). The number of piperidine rings is 1. The molecule has 0 radical (unpaired) electrons. The quantitative estimate of drug-likeness (QED) is 0.787. The molecular weight excluding hydrogens is 314 g/mol. The fourth-order valence-corrected chi connectivity index (χ4v) is 3.46. The molecule has 1 saturated heterocycles. The summed E-state index contributed by atoms with van der Waals surface area (Å²) in [6.45, 7) is 7.05. The van der Waals surface area contributed by atoms with Crippen LogP contribution in [-0.4, -0.2) is 39.3 Å². The van der Waals surface area contributed by atoms with E-state index in [0.29, 0.717) is 6.61 Å². The lowest BCUT2D eigenvalue weighted by atomic mass is 9.90. The first-order valence-corrected chi connectivity index (χ1v) is 8.88. The monoisotopic (exact) mass is 341 g/mol. The number of aliphatic hydroxyl groups excluding tert-OH is 1. The van der Waals surface area contributed by atoms with E-state index in [-0.39, 0.29) is 5.92 Å². The van der Waals surface area contributed by atoms with Gasteiger partial charge in [-0.3, -0.25) is 4.90 Å². The van der Waals surface area contributed by atoms with Crippen LogP contribution in [0.1, 0.15) is 30.3 Å². The molecule has 134 valence electrons. The molecule has 1 aliphatic heterocycles. The number of aromatic nitrogens is 2. The summed E-state index contributed by atoms with van der Waals surface area (Å²) < 4.78 is 7.66. The van der Waals surface area contributed by atoms with Crippen molar-refractivity contribution in [2.24, 2.45) is 13.0 Å². The molecule has 0 amide bonds.